The summed E-state index contributed by atoms with van der Waals surface area (Å²) >= 11 is 1.09. The van der Waals surface area contributed by atoms with Crippen LogP contribution in [0.2, 0.25) is 0 Å². The van der Waals surface area contributed by atoms with Crippen molar-refractivity contribution in [1.82, 2.24) is 0 Å². The minimum absolute atomic E-state index is 0.158. The van der Waals surface area contributed by atoms with E-state index in [1.54, 1.807) is 29.6 Å². The molecule has 0 fully saturated rings. The van der Waals surface area contributed by atoms with Gasteiger partial charge in [0.15, 0.2) is 6.10 Å². The van der Waals surface area contributed by atoms with Gasteiger partial charge in [-0.3, -0.25) is 9.52 Å². The van der Waals surface area contributed by atoms with E-state index in [9.17, 15) is 18.0 Å². The van der Waals surface area contributed by atoms with Crippen LogP contribution in [0.5, 0.6) is 0 Å². The van der Waals surface area contributed by atoms with Crippen LogP contribution in [0, 0.1) is 11.3 Å². The molecule has 0 bridgehead atoms. The van der Waals surface area contributed by atoms with Crippen LogP contribution in [0.3, 0.4) is 0 Å². The van der Waals surface area contributed by atoms with Crippen molar-refractivity contribution >= 4 is 44.6 Å². The maximum Gasteiger partial charge on any atom is 0.338 e. The van der Waals surface area contributed by atoms with Gasteiger partial charge in [-0.25, -0.2) is 13.2 Å². The molecule has 0 unspecified atom stereocenters. The van der Waals surface area contributed by atoms with E-state index >= 15 is 0 Å². The number of esters is 1. The van der Waals surface area contributed by atoms with Crippen molar-refractivity contribution < 1.29 is 22.7 Å². The van der Waals surface area contributed by atoms with Crippen molar-refractivity contribution in [2.24, 2.45) is 0 Å². The lowest BCUT2D eigenvalue weighted by atomic mass is 10.2. The van der Waals surface area contributed by atoms with Crippen molar-refractivity contribution in [2.45, 2.75) is 17.2 Å². The number of ether oxygens (including phenoxy) is 1. The quantitative estimate of drug-likeness (QED) is 0.524. The number of thiophene rings is 1. The molecular weight excluding hydrogens is 438 g/mol. The lowest BCUT2D eigenvalue weighted by molar-refractivity contribution is -0.123. The van der Waals surface area contributed by atoms with Crippen molar-refractivity contribution in [2.75, 3.05) is 10.0 Å². The van der Waals surface area contributed by atoms with E-state index in [2.05, 4.69) is 10.0 Å². The second-order valence-electron chi connectivity index (χ2n) is 6.34. The second-order valence-corrected chi connectivity index (χ2v) is 9.20. The first-order chi connectivity index (χ1) is 14.8. The summed E-state index contributed by atoms with van der Waals surface area (Å²) in [5, 5.41) is 13.1. The number of anilines is 2. The average molecular weight is 456 g/mol. The summed E-state index contributed by atoms with van der Waals surface area (Å²) in [7, 11) is -3.69. The summed E-state index contributed by atoms with van der Waals surface area (Å²) in [5.41, 5.74) is 1.24. The zero-order chi connectivity index (χ0) is 22.4. The highest BCUT2D eigenvalue weighted by Gasteiger charge is 2.20. The molecule has 0 saturated heterocycles. The van der Waals surface area contributed by atoms with Crippen LogP contribution < -0.4 is 10.0 Å². The number of nitriles is 1. The van der Waals surface area contributed by atoms with E-state index in [0.29, 0.717) is 11.3 Å². The molecule has 0 aliphatic carbocycles. The molecule has 31 heavy (non-hydrogen) atoms. The molecule has 1 aromatic heterocycles. The molecule has 2 aromatic carbocycles. The smallest absolute Gasteiger partial charge is 0.338 e. The van der Waals surface area contributed by atoms with Crippen LogP contribution in [0.25, 0.3) is 0 Å². The van der Waals surface area contributed by atoms with Crippen LogP contribution in [-0.4, -0.2) is 26.4 Å². The molecule has 1 heterocycles. The molecule has 0 radical (unpaired) electrons. The Morgan fingerprint density at radius 3 is 2.45 bits per heavy atom. The number of nitrogens with one attached hydrogen (secondary N) is 2. The Hall–Kier alpha value is -3.68. The highest BCUT2D eigenvalue weighted by molar-refractivity contribution is 7.94. The van der Waals surface area contributed by atoms with Crippen LogP contribution in [0.1, 0.15) is 22.8 Å². The molecule has 2 N–H and O–H groups in total. The van der Waals surface area contributed by atoms with Gasteiger partial charge in [-0.05, 0) is 60.8 Å². The molecule has 10 heteroatoms. The zero-order valence-corrected chi connectivity index (χ0v) is 17.9. The Balaban J connectivity index is 1.59. The van der Waals surface area contributed by atoms with Gasteiger partial charge in [-0.1, -0.05) is 12.1 Å². The number of rotatable bonds is 7. The lowest BCUT2D eigenvalue weighted by Gasteiger charge is -2.14. The molecule has 158 valence electrons. The molecule has 0 aliphatic rings. The molecule has 0 aliphatic heterocycles. The van der Waals surface area contributed by atoms with E-state index in [-0.39, 0.29) is 15.5 Å². The third-order valence-corrected chi connectivity index (χ3v) is 6.82. The topological polar surface area (TPSA) is 125 Å². The van der Waals surface area contributed by atoms with Gasteiger partial charge in [0.2, 0.25) is 0 Å². The van der Waals surface area contributed by atoms with Gasteiger partial charge in [-0.15, -0.1) is 11.3 Å². The summed E-state index contributed by atoms with van der Waals surface area (Å²) in [5.74, 6) is -1.29. The SMILES string of the molecule is C[C@H](OC(=O)c1ccc(NS(=O)(=O)c2cccs2)cc1)C(=O)Nc1cccc(C#N)c1. The van der Waals surface area contributed by atoms with Gasteiger partial charge < -0.3 is 10.1 Å². The second kappa shape index (κ2) is 9.42. The fourth-order valence-corrected chi connectivity index (χ4v) is 4.54. The normalized spacial score (nSPS) is 11.7. The Bertz CT molecular complexity index is 1230. The minimum atomic E-state index is -3.69. The first-order valence-electron chi connectivity index (χ1n) is 8.97. The van der Waals surface area contributed by atoms with E-state index in [4.69, 9.17) is 10.00 Å². The summed E-state index contributed by atoms with van der Waals surface area (Å²) in [6.07, 6.45) is -1.09. The number of carbonyl (C=O) groups excluding carboxylic acids is 2. The van der Waals surface area contributed by atoms with E-state index in [1.807, 2.05) is 6.07 Å². The lowest BCUT2D eigenvalue weighted by Crippen LogP contribution is -2.30. The summed E-state index contributed by atoms with van der Waals surface area (Å²) in [6, 6.07) is 17.1. The fourth-order valence-electron chi connectivity index (χ4n) is 2.49. The van der Waals surface area contributed by atoms with Gasteiger partial charge in [-0.2, -0.15) is 5.26 Å². The van der Waals surface area contributed by atoms with Gasteiger partial charge in [0.25, 0.3) is 15.9 Å². The number of hydrogen-bond acceptors (Lipinski definition) is 7. The first-order valence-corrected chi connectivity index (χ1v) is 11.3. The Morgan fingerprint density at radius 2 is 1.81 bits per heavy atom. The van der Waals surface area contributed by atoms with E-state index in [0.717, 1.165) is 11.3 Å². The van der Waals surface area contributed by atoms with Gasteiger partial charge >= 0.3 is 5.97 Å². The molecule has 1 atom stereocenters. The Morgan fingerprint density at radius 1 is 1.06 bits per heavy atom. The maximum absolute atomic E-state index is 12.3. The molecule has 3 aromatic rings. The average Bonchev–Trinajstić information content (AvgIpc) is 3.30. The fraction of sp³-hybridized carbons (Fsp3) is 0.0952. The van der Waals surface area contributed by atoms with Crippen molar-refractivity contribution in [3.8, 4) is 6.07 Å². The molecule has 0 saturated carbocycles. The third-order valence-electron chi connectivity index (χ3n) is 4.04. The number of carbonyl (C=O) groups is 2. The Kier molecular flexibility index (Phi) is 6.69. The largest absolute Gasteiger partial charge is 0.449 e. The van der Waals surface area contributed by atoms with Crippen molar-refractivity contribution in [3.63, 3.8) is 0 Å². The summed E-state index contributed by atoms with van der Waals surface area (Å²) in [4.78, 5) is 24.6. The van der Waals surface area contributed by atoms with E-state index in [1.165, 1.54) is 43.3 Å². The van der Waals surface area contributed by atoms with Gasteiger partial charge in [0.05, 0.1) is 17.2 Å². The summed E-state index contributed by atoms with van der Waals surface area (Å²) in [6.45, 7) is 1.42. The van der Waals surface area contributed by atoms with E-state index < -0.39 is 28.0 Å². The van der Waals surface area contributed by atoms with Crippen LogP contribution in [0.15, 0.2) is 70.3 Å². The number of sulfonamides is 1. The number of hydrogen-bond donors (Lipinski definition) is 2. The number of amides is 1. The summed E-state index contributed by atoms with van der Waals surface area (Å²) < 4.78 is 32.3. The molecule has 8 nitrogen and oxygen atoms in total. The highest BCUT2D eigenvalue weighted by Crippen LogP contribution is 2.21. The van der Waals surface area contributed by atoms with Crippen LogP contribution in [-0.2, 0) is 19.6 Å². The van der Waals surface area contributed by atoms with Crippen LogP contribution in [0.4, 0.5) is 11.4 Å². The van der Waals surface area contributed by atoms with Crippen molar-refractivity contribution in [3.05, 3.63) is 77.2 Å². The highest BCUT2D eigenvalue weighted by atomic mass is 32.2. The molecule has 1 amide bonds. The number of benzene rings is 2. The molecular formula is C21H17N3O5S2. The zero-order valence-electron chi connectivity index (χ0n) is 16.2. The van der Waals surface area contributed by atoms with Gasteiger partial charge in [0.1, 0.15) is 4.21 Å². The van der Waals surface area contributed by atoms with Crippen molar-refractivity contribution in [1.29, 1.82) is 5.26 Å². The van der Waals surface area contributed by atoms with Crippen LogP contribution >= 0.6 is 11.3 Å². The predicted octanol–water partition coefficient (Wildman–Crippen LogP) is 3.60. The molecule has 3 rings (SSSR count). The minimum Gasteiger partial charge on any atom is -0.449 e. The predicted molar refractivity (Wildman–Crippen MR) is 116 cm³/mol. The van der Waals surface area contributed by atoms with Gasteiger partial charge in [0, 0.05) is 11.4 Å². The molecule has 0 spiro atoms. The maximum atomic E-state index is 12.3. The Labute approximate surface area is 183 Å². The first kappa shape index (κ1) is 22.0. The number of nitrogens with zero attached hydrogens (tertiary/aromatic N) is 1. The third kappa shape index (κ3) is 5.69. The standard InChI is InChI=1S/C21H17N3O5S2/c1-14(20(25)23-18-5-2-4-15(12-18)13-22)29-21(26)16-7-9-17(10-8-16)24-31(27,28)19-6-3-11-30-19/h2-12,14,24H,1H3,(H,23,25)/t14-/m0/s1. The monoisotopic (exact) mass is 455 g/mol.